The first-order valence-corrected chi connectivity index (χ1v) is 9.41. The van der Waals surface area contributed by atoms with E-state index in [1.54, 1.807) is 17.1 Å². The number of imidazole rings is 1. The molecule has 1 fully saturated rings. The molecule has 1 atom stereocenters. The van der Waals surface area contributed by atoms with Crippen molar-refractivity contribution in [3.8, 4) is 5.69 Å². The summed E-state index contributed by atoms with van der Waals surface area (Å²) in [4.78, 5) is 28.7. The monoisotopic (exact) mass is 374 g/mol. The largest absolute Gasteiger partial charge is 0.344 e. The van der Waals surface area contributed by atoms with E-state index in [2.05, 4.69) is 15.6 Å². The van der Waals surface area contributed by atoms with Gasteiger partial charge in [-0.1, -0.05) is 30.3 Å². The predicted octanol–water partition coefficient (Wildman–Crippen LogP) is 3.71. The topological polar surface area (TPSA) is 76.0 Å². The molecule has 0 radical (unpaired) electrons. The number of nitrogens with one attached hydrogen (secondary N) is 2. The van der Waals surface area contributed by atoms with E-state index in [0.717, 1.165) is 29.8 Å². The third-order valence-corrected chi connectivity index (χ3v) is 4.88. The Bertz CT molecular complexity index is 975. The number of para-hydroxylation sites is 1. The van der Waals surface area contributed by atoms with Crippen molar-refractivity contribution in [2.45, 2.75) is 25.8 Å². The number of hydrogen-bond acceptors (Lipinski definition) is 3. The van der Waals surface area contributed by atoms with E-state index in [1.165, 1.54) is 0 Å². The highest BCUT2D eigenvalue weighted by Gasteiger charge is 2.29. The van der Waals surface area contributed by atoms with Crippen molar-refractivity contribution in [2.24, 2.45) is 5.92 Å². The summed E-state index contributed by atoms with van der Waals surface area (Å²) in [6.45, 7) is 1.93. The van der Waals surface area contributed by atoms with Crippen LogP contribution in [0.1, 0.15) is 41.9 Å². The first kappa shape index (κ1) is 18.0. The lowest BCUT2D eigenvalue weighted by Gasteiger charge is -2.16. The van der Waals surface area contributed by atoms with Crippen molar-refractivity contribution in [3.63, 3.8) is 0 Å². The summed E-state index contributed by atoms with van der Waals surface area (Å²) in [6, 6.07) is 17.0. The van der Waals surface area contributed by atoms with Gasteiger partial charge in [0.15, 0.2) is 0 Å². The van der Waals surface area contributed by atoms with E-state index in [1.807, 2.05) is 61.5 Å². The van der Waals surface area contributed by atoms with Crippen LogP contribution in [0.2, 0.25) is 0 Å². The maximum atomic E-state index is 12.7. The molecule has 3 aromatic rings. The second-order valence-corrected chi connectivity index (χ2v) is 7.07. The number of rotatable bonds is 6. The zero-order chi connectivity index (χ0) is 19.5. The van der Waals surface area contributed by atoms with Gasteiger partial charge in [-0.2, -0.15) is 0 Å². The molecule has 0 spiro atoms. The van der Waals surface area contributed by atoms with Gasteiger partial charge < -0.3 is 10.6 Å². The van der Waals surface area contributed by atoms with Gasteiger partial charge in [-0.3, -0.25) is 14.2 Å². The SMILES string of the molecule is CC(NC(=O)c1cncn1-c1ccccc1)c1ccc(NC(=O)C2CC2)cc1. The third kappa shape index (κ3) is 3.96. The van der Waals surface area contributed by atoms with Crippen molar-refractivity contribution < 1.29 is 9.59 Å². The number of carbonyl (C=O) groups is 2. The molecule has 0 saturated heterocycles. The van der Waals surface area contributed by atoms with Gasteiger partial charge in [0, 0.05) is 17.3 Å². The molecular formula is C22H22N4O2. The summed E-state index contributed by atoms with van der Waals surface area (Å²) in [6.07, 6.45) is 5.15. The number of benzene rings is 2. The highest BCUT2D eigenvalue weighted by atomic mass is 16.2. The predicted molar refractivity (Wildman–Crippen MR) is 107 cm³/mol. The van der Waals surface area contributed by atoms with Gasteiger partial charge in [-0.15, -0.1) is 0 Å². The van der Waals surface area contributed by atoms with Crippen LogP contribution in [0.3, 0.4) is 0 Å². The molecule has 1 aromatic heterocycles. The molecule has 0 bridgehead atoms. The number of hydrogen-bond donors (Lipinski definition) is 2. The summed E-state index contributed by atoms with van der Waals surface area (Å²) in [5.74, 6) is 0.0654. The smallest absolute Gasteiger partial charge is 0.270 e. The van der Waals surface area contributed by atoms with E-state index >= 15 is 0 Å². The molecule has 0 aliphatic heterocycles. The van der Waals surface area contributed by atoms with Crippen LogP contribution in [0.5, 0.6) is 0 Å². The summed E-state index contributed by atoms with van der Waals surface area (Å²) in [5.41, 5.74) is 3.10. The van der Waals surface area contributed by atoms with E-state index < -0.39 is 0 Å². The first-order valence-electron chi connectivity index (χ1n) is 9.41. The molecule has 1 heterocycles. The van der Waals surface area contributed by atoms with E-state index in [0.29, 0.717) is 5.69 Å². The first-order chi connectivity index (χ1) is 13.6. The highest BCUT2D eigenvalue weighted by molar-refractivity contribution is 5.94. The maximum Gasteiger partial charge on any atom is 0.270 e. The summed E-state index contributed by atoms with van der Waals surface area (Å²) >= 11 is 0. The molecule has 1 unspecified atom stereocenters. The van der Waals surface area contributed by atoms with Crippen LogP contribution < -0.4 is 10.6 Å². The van der Waals surface area contributed by atoms with Gasteiger partial charge in [-0.05, 0) is 49.6 Å². The van der Waals surface area contributed by atoms with Gasteiger partial charge in [0.2, 0.25) is 5.91 Å². The van der Waals surface area contributed by atoms with Gasteiger partial charge in [0.25, 0.3) is 5.91 Å². The van der Waals surface area contributed by atoms with Crippen LogP contribution in [0, 0.1) is 5.92 Å². The molecule has 1 aliphatic rings. The highest BCUT2D eigenvalue weighted by Crippen LogP contribution is 2.30. The molecule has 2 N–H and O–H groups in total. The molecule has 142 valence electrons. The number of anilines is 1. The Labute approximate surface area is 163 Å². The fourth-order valence-electron chi connectivity index (χ4n) is 3.06. The number of amides is 2. The zero-order valence-electron chi connectivity index (χ0n) is 15.6. The van der Waals surface area contributed by atoms with Crippen molar-refractivity contribution in [3.05, 3.63) is 78.4 Å². The van der Waals surface area contributed by atoms with Crippen LogP contribution in [0.4, 0.5) is 5.69 Å². The standard InChI is InChI=1S/C22H22N4O2/c1-15(16-9-11-18(12-10-16)25-21(27)17-7-8-17)24-22(28)20-13-23-14-26(20)19-5-3-2-4-6-19/h2-6,9-15,17H,7-8H2,1H3,(H,24,28)(H,25,27). The molecule has 4 rings (SSSR count). The summed E-state index contributed by atoms with van der Waals surface area (Å²) in [5, 5.41) is 5.93. The average molecular weight is 374 g/mol. The lowest BCUT2D eigenvalue weighted by atomic mass is 10.1. The Morgan fingerprint density at radius 2 is 1.79 bits per heavy atom. The maximum absolute atomic E-state index is 12.7. The third-order valence-electron chi connectivity index (χ3n) is 4.88. The van der Waals surface area contributed by atoms with Crippen LogP contribution in [-0.4, -0.2) is 21.4 Å². The van der Waals surface area contributed by atoms with Crippen LogP contribution in [0.15, 0.2) is 67.1 Å². The Morgan fingerprint density at radius 3 is 2.46 bits per heavy atom. The van der Waals surface area contributed by atoms with Crippen molar-refractivity contribution in [1.82, 2.24) is 14.9 Å². The van der Waals surface area contributed by atoms with Crippen LogP contribution >= 0.6 is 0 Å². The average Bonchev–Trinajstić information content (AvgIpc) is 3.45. The summed E-state index contributed by atoms with van der Waals surface area (Å²) in [7, 11) is 0. The molecule has 28 heavy (non-hydrogen) atoms. The van der Waals surface area contributed by atoms with Gasteiger partial charge in [0.05, 0.1) is 18.6 Å². The number of aromatic nitrogens is 2. The second kappa shape index (κ2) is 7.68. The van der Waals surface area contributed by atoms with E-state index in [9.17, 15) is 9.59 Å². The van der Waals surface area contributed by atoms with Crippen molar-refractivity contribution in [2.75, 3.05) is 5.32 Å². The van der Waals surface area contributed by atoms with Crippen LogP contribution in [-0.2, 0) is 4.79 Å². The fourth-order valence-corrected chi connectivity index (χ4v) is 3.06. The second-order valence-electron chi connectivity index (χ2n) is 7.07. The van der Waals surface area contributed by atoms with Crippen molar-refractivity contribution in [1.29, 1.82) is 0 Å². The fraction of sp³-hybridized carbons (Fsp3) is 0.227. The number of nitrogens with zero attached hydrogens (tertiary/aromatic N) is 2. The lowest BCUT2D eigenvalue weighted by Crippen LogP contribution is -2.28. The molecule has 1 aliphatic carbocycles. The Hall–Kier alpha value is -3.41. The van der Waals surface area contributed by atoms with Crippen molar-refractivity contribution >= 4 is 17.5 Å². The Kier molecular flexibility index (Phi) is 4.93. The molecule has 1 saturated carbocycles. The molecule has 6 heteroatoms. The van der Waals surface area contributed by atoms with E-state index in [4.69, 9.17) is 0 Å². The zero-order valence-corrected chi connectivity index (χ0v) is 15.6. The lowest BCUT2D eigenvalue weighted by molar-refractivity contribution is -0.117. The van der Waals surface area contributed by atoms with E-state index in [-0.39, 0.29) is 23.8 Å². The summed E-state index contributed by atoms with van der Waals surface area (Å²) < 4.78 is 1.76. The minimum atomic E-state index is -0.194. The number of carbonyl (C=O) groups excluding carboxylic acids is 2. The molecule has 6 nitrogen and oxygen atoms in total. The van der Waals surface area contributed by atoms with Gasteiger partial charge >= 0.3 is 0 Å². The quantitative estimate of drug-likeness (QED) is 0.691. The minimum Gasteiger partial charge on any atom is -0.344 e. The van der Waals surface area contributed by atoms with Crippen LogP contribution in [0.25, 0.3) is 5.69 Å². The van der Waals surface area contributed by atoms with Gasteiger partial charge in [0.1, 0.15) is 5.69 Å². The normalized spacial score (nSPS) is 14.3. The molecule has 2 aromatic carbocycles. The Balaban J connectivity index is 1.42. The Morgan fingerprint density at radius 1 is 1.07 bits per heavy atom. The molecule has 2 amide bonds. The van der Waals surface area contributed by atoms with Gasteiger partial charge in [-0.25, -0.2) is 4.98 Å². The minimum absolute atomic E-state index is 0.0864. The molecular weight excluding hydrogens is 352 g/mol.